The Hall–Kier alpha value is -4.53. The van der Waals surface area contributed by atoms with Gasteiger partial charge in [0.25, 0.3) is 0 Å². The first-order valence-electron chi connectivity index (χ1n) is 15.0. The van der Waals surface area contributed by atoms with Crippen molar-refractivity contribution in [3.8, 4) is 0 Å². The van der Waals surface area contributed by atoms with Crippen LogP contribution in [0.2, 0.25) is 0 Å². The number of benzene rings is 2. The molecule has 3 atom stereocenters. The molecule has 3 N–H and O–H groups in total. The highest BCUT2D eigenvalue weighted by Crippen LogP contribution is 2.45. The third-order valence-electron chi connectivity index (χ3n) is 7.80. The van der Waals surface area contributed by atoms with Gasteiger partial charge in [-0.1, -0.05) is 42.5 Å². The standard InChI is InChI=1S/C33H33F3N2O9/c34-33(35,36)19-44-28(41)10-9-20-5-3-4-8-24(20)31(43)45-25-15-23(30(42)38-12-11-27(40)37-13-14-39)16-26-29(25)47-32(46-26)17-21-6-1-2-7-22(21)18-32/h1-10,16,25-26,29,39H,11-15,17-19H2,(H,37,40)(H,38,42)/t25-,26-,29+/m1/s1. The van der Waals surface area contributed by atoms with E-state index >= 15 is 0 Å². The van der Waals surface area contributed by atoms with E-state index in [0.717, 1.165) is 23.3 Å². The zero-order valence-electron chi connectivity index (χ0n) is 25.1. The summed E-state index contributed by atoms with van der Waals surface area (Å²) in [5.41, 5.74) is 2.57. The number of carbonyl (C=O) groups excluding carboxylic acids is 4. The van der Waals surface area contributed by atoms with Crippen LogP contribution in [0.4, 0.5) is 13.2 Å². The maximum atomic E-state index is 13.5. The fraction of sp³-hybridized carbons (Fsp3) is 0.394. The van der Waals surface area contributed by atoms with E-state index in [4.69, 9.17) is 19.3 Å². The van der Waals surface area contributed by atoms with Crippen molar-refractivity contribution < 1.29 is 56.4 Å². The van der Waals surface area contributed by atoms with Crippen molar-refractivity contribution in [3.05, 3.63) is 88.5 Å². The van der Waals surface area contributed by atoms with Gasteiger partial charge in [-0.3, -0.25) is 9.59 Å². The Bertz CT molecular complexity index is 1550. The number of carbonyl (C=O) groups is 4. The smallest absolute Gasteiger partial charge is 0.422 e. The predicted octanol–water partition coefficient (Wildman–Crippen LogP) is 2.55. The van der Waals surface area contributed by atoms with E-state index in [1.54, 1.807) is 18.2 Å². The van der Waals surface area contributed by atoms with Crippen molar-refractivity contribution in [3.63, 3.8) is 0 Å². The highest BCUT2D eigenvalue weighted by atomic mass is 19.4. The van der Waals surface area contributed by atoms with Crippen LogP contribution in [0, 0.1) is 0 Å². The zero-order valence-corrected chi connectivity index (χ0v) is 25.1. The van der Waals surface area contributed by atoms with Crippen LogP contribution in [0.25, 0.3) is 6.08 Å². The predicted molar refractivity (Wildman–Crippen MR) is 158 cm³/mol. The summed E-state index contributed by atoms with van der Waals surface area (Å²) in [6.07, 6.45) is -2.78. The minimum absolute atomic E-state index is 0.0141. The lowest BCUT2D eigenvalue weighted by molar-refractivity contribution is -0.182. The monoisotopic (exact) mass is 658 g/mol. The second-order valence-electron chi connectivity index (χ2n) is 11.3. The number of hydrogen-bond acceptors (Lipinski definition) is 9. The van der Waals surface area contributed by atoms with Crippen LogP contribution >= 0.6 is 0 Å². The molecule has 11 nitrogen and oxygen atoms in total. The SMILES string of the molecule is O=C(CCNC(=O)C1=C[C@H]2OC3(Cc4ccccc4C3)O[C@H]2[C@H](OC(=O)c2ccccc2C=CC(=O)OCC(F)(F)F)C1)NCCO. The average molecular weight is 659 g/mol. The summed E-state index contributed by atoms with van der Waals surface area (Å²) in [7, 11) is 0. The summed E-state index contributed by atoms with van der Waals surface area (Å²) in [4.78, 5) is 50.4. The lowest BCUT2D eigenvalue weighted by Crippen LogP contribution is -2.44. The minimum atomic E-state index is -4.69. The highest BCUT2D eigenvalue weighted by molar-refractivity contribution is 5.96. The number of ether oxygens (including phenoxy) is 4. The molecule has 2 aromatic rings. The molecule has 1 aliphatic heterocycles. The van der Waals surface area contributed by atoms with Crippen molar-refractivity contribution in [2.24, 2.45) is 0 Å². The first kappa shape index (κ1) is 33.8. The van der Waals surface area contributed by atoms with E-state index in [2.05, 4.69) is 15.4 Å². The molecule has 0 radical (unpaired) electrons. The second kappa shape index (κ2) is 14.5. The van der Waals surface area contributed by atoms with Crippen LogP contribution in [0.1, 0.15) is 39.9 Å². The zero-order chi connectivity index (χ0) is 33.6. The number of halogens is 3. The summed E-state index contributed by atoms with van der Waals surface area (Å²) >= 11 is 0. The fourth-order valence-corrected chi connectivity index (χ4v) is 5.74. The molecule has 1 spiro atoms. The van der Waals surface area contributed by atoms with Crippen molar-refractivity contribution in [1.29, 1.82) is 0 Å². The number of fused-ring (bicyclic) bond motifs is 2. The number of nitrogens with one attached hydrogen (secondary N) is 2. The molecule has 0 saturated carbocycles. The van der Waals surface area contributed by atoms with Gasteiger partial charge in [0.1, 0.15) is 18.3 Å². The number of aliphatic hydroxyl groups excluding tert-OH is 1. The largest absolute Gasteiger partial charge is 0.456 e. The molecule has 1 heterocycles. The first-order chi connectivity index (χ1) is 22.4. The molecule has 2 aliphatic carbocycles. The summed E-state index contributed by atoms with van der Waals surface area (Å²) < 4.78 is 60.2. The summed E-state index contributed by atoms with van der Waals surface area (Å²) in [6, 6.07) is 13.8. The summed E-state index contributed by atoms with van der Waals surface area (Å²) in [6.45, 7) is -1.84. The van der Waals surface area contributed by atoms with Gasteiger partial charge in [0, 0.05) is 50.4 Å². The normalized spacial score (nSPS) is 21.1. The molecule has 14 heteroatoms. The quantitative estimate of drug-likeness (QED) is 0.245. The lowest BCUT2D eigenvalue weighted by Gasteiger charge is -2.30. The van der Waals surface area contributed by atoms with Crippen LogP contribution < -0.4 is 10.6 Å². The Balaban J connectivity index is 1.32. The van der Waals surface area contributed by atoms with Crippen molar-refractivity contribution >= 4 is 29.8 Å². The van der Waals surface area contributed by atoms with Crippen molar-refractivity contribution in [1.82, 2.24) is 10.6 Å². The molecule has 2 amide bonds. The number of esters is 2. The molecular formula is C33H33F3N2O9. The molecule has 2 aromatic carbocycles. The highest BCUT2D eigenvalue weighted by Gasteiger charge is 2.55. The van der Waals surface area contributed by atoms with Gasteiger partial charge in [0.2, 0.25) is 11.8 Å². The fourth-order valence-electron chi connectivity index (χ4n) is 5.74. The minimum Gasteiger partial charge on any atom is -0.456 e. The molecule has 0 bridgehead atoms. The van der Waals surface area contributed by atoms with Crippen LogP contribution in [0.15, 0.2) is 66.3 Å². The van der Waals surface area contributed by atoms with Gasteiger partial charge < -0.3 is 34.7 Å². The second-order valence-corrected chi connectivity index (χ2v) is 11.3. The van der Waals surface area contributed by atoms with E-state index < -0.39 is 54.7 Å². The van der Waals surface area contributed by atoms with Gasteiger partial charge >= 0.3 is 18.1 Å². The maximum absolute atomic E-state index is 13.5. The average Bonchev–Trinajstić information content (AvgIpc) is 3.59. The maximum Gasteiger partial charge on any atom is 0.422 e. The third kappa shape index (κ3) is 8.64. The van der Waals surface area contributed by atoms with E-state index in [1.807, 2.05) is 24.3 Å². The molecule has 0 unspecified atom stereocenters. The Morgan fingerprint density at radius 3 is 2.38 bits per heavy atom. The lowest BCUT2D eigenvalue weighted by atomic mass is 9.91. The Labute approximate surface area is 267 Å². The number of rotatable bonds is 11. The van der Waals surface area contributed by atoms with Crippen LogP contribution in [0.3, 0.4) is 0 Å². The number of aliphatic hydroxyl groups is 1. The van der Waals surface area contributed by atoms with Crippen LogP contribution in [-0.2, 0) is 46.2 Å². The van der Waals surface area contributed by atoms with Crippen LogP contribution in [0.5, 0.6) is 0 Å². The number of amides is 2. The van der Waals surface area contributed by atoms with Crippen LogP contribution in [-0.4, -0.2) is 85.4 Å². The van der Waals surface area contributed by atoms with E-state index in [-0.39, 0.29) is 55.1 Å². The molecule has 1 saturated heterocycles. The number of hydrogen-bond donors (Lipinski definition) is 3. The van der Waals surface area contributed by atoms with Crippen molar-refractivity contribution in [2.75, 3.05) is 26.3 Å². The number of alkyl halides is 3. The molecule has 5 rings (SSSR count). The van der Waals surface area contributed by atoms with E-state index in [0.29, 0.717) is 12.8 Å². The van der Waals surface area contributed by atoms with Gasteiger partial charge in [-0.25, -0.2) is 9.59 Å². The summed E-state index contributed by atoms with van der Waals surface area (Å²) in [5, 5.41) is 14.1. The molecular weight excluding hydrogens is 625 g/mol. The third-order valence-corrected chi connectivity index (χ3v) is 7.80. The van der Waals surface area contributed by atoms with Crippen molar-refractivity contribution in [2.45, 2.75) is 56.0 Å². The van der Waals surface area contributed by atoms with Gasteiger partial charge in [-0.2, -0.15) is 13.2 Å². The van der Waals surface area contributed by atoms with Gasteiger partial charge in [0.05, 0.1) is 12.2 Å². The first-order valence-corrected chi connectivity index (χ1v) is 15.0. The van der Waals surface area contributed by atoms with E-state index in [1.165, 1.54) is 12.1 Å². The molecule has 3 aliphatic rings. The molecule has 1 fully saturated rings. The topological polar surface area (TPSA) is 149 Å². The summed E-state index contributed by atoms with van der Waals surface area (Å²) in [5.74, 6) is -3.93. The Morgan fingerprint density at radius 1 is 0.979 bits per heavy atom. The van der Waals surface area contributed by atoms with Gasteiger partial charge in [0.15, 0.2) is 12.4 Å². The Morgan fingerprint density at radius 2 is 1.68 bits per heavy atom. The Kier molecular flexibility index (Phi) is 10.4. The molecule has 47 heavy (non-hydrogen) atoms. The van der Waals surface area contributed by atoms with Gasteiger partial charge in [-0.15, -0.1) is 0 Å². The molecule has 0 aromatic heterocycles. The molecule has 250 valence electrons. The van der Waals surface area contributed by atoms with Gasteiger partial charge in [-0.05, 0) is 34.9 Å². The van der Waals surface area contributed by atoms with E-state index in [9.17, 15) is 32.3 Å².